The van der Waals surface area contributed by atoms with Crippen molar-refractivity contribution in [1.29, 1.82) is 0 Å². The van der Waals surface area contributed by atoms with Crippen LogP contribution >= 0.6 is 0 Å². The first-order chi connectivity index (χ1) is 8.90. The Labute approximate surface area is 109 Å². The number of halogens is 2. The van der Waals surface area contributed by atoms with Crippen LogP contribution in [0.4, 0.5) is 14.5 Å². The van der Waals surface area contributed by atoms with Crippen molar-refractivity contribution in [3.05, 3.63) is 29.8 Å². The van der Waals surface area contributed by atoms with Gasteiger partial charge in [0, 0.05) is 11.8 Å². The summed E-state index contributed by atoms with van der Waals surface area (Å²) in [5.41, 5.74) is 0.0222. The van der Waals surface area contributed by atoms with Gasteiger partial charge in [0.2, 0.25) is 5.91 Å². The van der Waals surface area contributed by atoms with E-state index >= 15 is 0 Å². The molecule has 0 aliphatic rings. The largest absolute Gasteiger partial charge is 0.468 e. The molecule has 0 unspecified atom stereocenters. The van der Waals surface area contributed by atoms with Gasteiger partial charge in [0.15, 0.2) is 0 Å². The Bertz CT molecular complexity index is 460. The first kappa shape index (κ1) is 15.0. The summed E-state index contributed by atoms with van der Waals surface area (Å²) in [4.78, 5) is 23.9. The van der Waals surface area contributed by atoms with E-state index in [1.807, 2.05) is 0 Å². The number of nitrogens with zero attached hydrogens (tertiary/aromatic N) is 1. The third-order valence-corrected chi connectivity index (χ3v) is 2.19. The van der Waals surface area contributed by atoms with Gasteiger partial charge < -0.3 is 10.1 Å². The molecule has 7 heteroatoms. The number of anilines is 1. The number of amides is 1. The van der Waals surface area contributed by atoms with E-state index in [0.717, 1.165) is 12.1 Å². The highest BCUT2D eigenvalue weighted by molar-refractivity contribution is 5.92. The number of esters is 1. The molecular formula is C12H14F2N2O3. The van der Waals surface area contributed by atoms with Gasteiger partial charge in [-0.1, -0.05) is 0 Å². The van der Waals surface area contributed by atoms with Gasteiger partial charge in [-0.05, 0) is 19.2 Å². The van der Waals surface area contributed by atoms with Crippen molar-refractivity contribution in [1.82, 2.24) is 4.90 Å². The minimum Gasteiger partial charge on any atom is -0.468 e. The molecule has 0 radical (unpaired) electrons. The number of ether oxygens (including phenoxy) is 1. The molecule has 5 nitrogen and oxygen atoms in total. The molecule has 0 fully saturated rings. The average molecular weight is 272 g/mol. The van der Waals surface area contributed by atoms with Gasteiger partial charge in [0.1, 0.15) is 11.6 Å². The van der Waals surface area contributed by atoms with E-state index in [0.29, 0.717) is 6.07 Å². The first-order valence-electron chi connectivity index (χ1n) is 5.42. The van der Waals surface area contributed by atoms with Gasteiger partial charge in [-0.15, -0.1) is 0 Å². The normalized spacial score (nSPS) is 10.4. The molecule has 0 atom stereocenters. The fraction of sp³-hybridized carbons (Fsp3) is 0.333. The summed E-state index contributed by atoms with van der Waals surface area (Å²) in [7, 11) is 2.79. The van der Waals surface area contributed by atoms with Crippen LogP contribution in [0.2, 0.25) is 0 Å². The fourth-order valence-corrected chi connectivity index (χ4v) is 1.41. The zero-order valence-corrected chi connectivity index (χ0v) is 10.6. The lowest BCUT2D eigenvalue weighted by Gasteiger charge is -2.14. The Morgan fingerprint density at radius 3 is 2.32 bits per heavy atom. The van der Waals surface area contributed by atoms with Crippen LogP contribution in [-0.4, -0.2) is 44.0 Å². The van der Waals surface area contributed by atoms with Crippen molar-refractivity contribution in [2.75, 3.05) is 32.6 Å². The Morgan fingerprint density at radius 2 is 1.79 bits per heavy atom. The molecule has 0 saturated carbocycles. The molecule has 0 spiro atoms. The molecule has 0 bridgehead atoms. The minimum atomic E-state index is -0.779. The second-order valence-electron chi connectivity index (χ2n) is 3.95. The van der Waals surface area contributed by atoms with E-state index in [2.05, 4.69) is 10.1 Å². The molecule has 1 aromatic rings. The van der Waals surface area contributed by atoms with Gasteiger partial charge in [-0.3, -0.25) is 14.5 Å². The molecule has 19 heavy (non-hydrogen) atoms. The first-order valence-corrected chi connectivity index (χ1v) is 5.42. The van der Waals surface area contributed by atoms with Crippen molar-refractivity contribution in [2.24, 2.45) is 0 Å². The van der Waals surface area contributed by atoms with Gasteiger partial charge >= 0.3 is 5.97 Å². The number of hydrogen-bond acceptors (Lipinski definition) is 4. The van der Waals surface area contributed by atoms with Crippen LogP contribution in [-0.2, 0) is 14.3 Å². The van der Waals surface area contributed by atoms with Crippen molar-refractivity contribution in [3.8, 4) is 0 Å². The number of carbonyl (C=O) groups is 2. The predicted molar refractivity (Wildman–Crippen MR) is 64.5 cm³/mol. The maximum atomic E-state index is 12.9. The molecule has 104 valence electrons. The quantitative estimate of drug-likeness (QED) is 0.813. The number of hydrogen-bond donors (Lipinski definition) is 1. The minimum absolute atomic E-state index is 0.0222. The third kappa shape index (κ3) is 5.43. The summed E-state index contributed by atoms with van der Waals surface area (Å²) >= 11 is 0. The number of benzene rings is 1. The Morgan fingerprint density at radius 1 is 1.21 bits per heavy atom. The van der Waals surface area contributed by atoms with Crippen LogP contribution in [0.1, 0.15) is 0 Å². The van der Waals surface area contributed by atoms with Crippen LogP contribution in [0.5, 0.6) is 0 Å². The van der Waals surface area contributed by atoms with Crippen LogP contribution in [0, 0.1) is 11.6 Å². The maximum absolute atomic E-state index is 12.9. The zero-order valence-electron chi connectivity index (χ0n) is 10.6. The molecule has 1 amide bonds. The van der Waals surface area contributed by atoms with Crippen molar-refractivity contribution in [2.45, 2.75) is 0 Å². The summed E-state index contributed by atoms with van der Waals surface area (Å²) in [6, 6.07) is 2.71. The Hall–Kier alpha value is -2.02. The lowest BCUT2D eigenvalue weighted by molar-refractivity contribution is -0.141. The highest BCUT2D eigenvalue weighted by Gasteiger charge is 2.11. The standard InChI is InChI=1S/C12H14F2N2O3/c1-16(7-12(18)19-2)6-11(17)15-10-4-8(13)3-9(14)5-10/h3-5H,6-7H2,1-2H3,(H,15,17). The van der Waals surface area contributed by atoms with Crippen molar-refractivity contribution >= 4 is 17.6 Å². The van der Waals surface area contributed by atoms with E-state index in [9.17, 15) is 18.4 Å². The topological polar surface area (TPSA) is 58.6 Å². The molecule has 0 aromatic heterocycles. The Balaban J connectivity index is 2.53. The van der Waals surface area contributed by atoms with Crippen LogP contribution in [0.15, 0.2) is 18.2 Å². The smallest absolute Gasteiger partial charge is 0.319 e. The molecular weight excluding hydrogens is 258 g/mol. The van der Waals surface area contributed by atoms with Crippen molar-refractivity contribution < 1.29 is 23.1 Å². The van der Waals surface area contributed by atoms with Crippen LogP contribution in [0.3, 0.4) is 0 Å². The second kappa shape index (κ2) is 6.79. The van der Waals surface area contributed by atoms with Gasteiger partial charge in [0.25, 0.3) is 0 Å². The number of nitrogens with one attached hydrogen (secondary N) is 1. The van der Waals surface area contributed by atoms with E-state index < -0.39 is 23.5 Å². The predicted octanol–water partition coefficient (Wildman–Crippen LogP) is 1.01. The summed E-state index contributed by atoms with van der Waals surface area (Å²) < 4.78 is 30.2. The lowest BCUT2D eigenvalue weighted by Crippen LogP contribution is -2.34. The average Bonchev–Trinajstić information content (AvgIpc) is 2.26. The molecule has 1 rings (SSSR count). The highest BCUT2D eigenvalue weighted by atomic mass is 19.1. The highest BCUT2D eigenvalue weighted by Crippen LogP contribution is 2.12. The lowest BCUT2D eigenvalue weighted by atomic mass is 10.3. The molecule has 1 N–H and O–H groups in total. The van der Waals surface area contributed by atoms with Crippen LogP contribution < -0.4 is 5.32 Å². The van der Waals surface area contributed by atoms with E-state index in [-0.39, 0.29) is 18.8 Å². The third-order valence-electron chi connectivity index (χ3n) is 2.19. The molecule has 0 heterocycles. The van der Waals surface area contributed by atoms with Crippen molar-refractivity contribution in [3.63, 3.8) is 0 Å². The monoisotopic (exact) mass is 272 g/mol. The van der Waals surface area contributed by atoms with Gasteiger partial charge in [-0.2, -0.15) is 0 Å². The molecule has 1 aromatic carbocycles. The summed E-state index contributed by atoms with van der Waals surface area (Å²) in [6.45, 7) is -0.158. The number of likely N-dealkylation sites (N-methyl/N-ethyl adjacent to an activating group) is 1. The fourth-order valence-electron chi connectivity index (χ4n) is 1.41. The summed E-state index contributed by atoms with van der Waals surface area (Å²) in [6.07, 6.45) is 0. The number of carbonyl (C=O) groups excluding carboxylic acids is 2. The summed E-state index contributed by atoms with van der Waals surface area (Å²) in [5, 5.41) is 2.33. The number of methoxy groups -OCH3 is 1. The van der Waals surface area contributed by atoms with E-state index in [1.54, 1.807) is 7.05 Å². The van der Waals surface area contributed by atoms with Crippen LogP contribution in [0.25, 0.3) is 0 Å². The number of rotatable bonds is 5. The van der Waals surface area contributed by atoms with E-state index in [4.69, 9.17) is 0 Å². The molecule has 0 aliphatic heterocycles. The van der Waals surface area contributed by atoms with Gasteiger partial charge in [0.05, 0.1) is 20.2 Å². The zero-order chi connectivity index (χ0) is 14.4. The van der Waals surface area contributed by atoms with E-state index in [1.165, 1.54) is 12.0 Å². The molecule has 0 aliphatic carbocycles. The Kier molecular flexibility index (Phi) is 5.37. The maximum Gasteiger partial charge on any atom is 0.319 e. The second-order valence-corrected chi connectivity index (χ2v) is 3.95. The van der Waals surface area contributed by atoms with Gasteiger partial charge in [-0.25, -0.2) is 8.78 Å². The molecule has 0 saturated heterocycles. The SMILES string of the molecule is COC(=O)CN(C)CC(=O)Nc1cc(F)cc(F)c1. The summed E-state index contributed by atoms with van der Waals surface area (Å²) in [5.74, 6) is -2.53.